The topological polar surface area (TPSA) is 69.7 Å². The fourth-order valence-corrected chi connectivity index (χ4v) is 5.42. The van der Waals surface area contributed by atoms with E-state index in [1.807, 2.05) is 9.80 Å². The van der Waals surface area contributed by atoms with Crippen molar-refractivity contribution in [3.63, 3.8) is 0 Å². The number of carbonyl (C=O) groups excluding carboxylic acids is 3. The summed E-state index contributed by atoms with van der Waals surface area (Å²) in [6.07, 6.45) is 11.8. The highest BCUT2D eigenvalue weighted by Crippen LogP contribution is 2.50. The molecule has 27 heavy (non-hydrogen) atoms. The van der Waals surface area contributed by atoms with Crippen LogP contribution in [0.3, 0.4) is 0 Å². The van der Waals surface area contributed by atoms with E-state index in [0.717, 1.165) is 57.3 Å². The molecule has 2 aliphatic heterocycles. The van der Waals surface area contributed by atoms with E-state index in [4.69, 9.17) is 0 Å². The van der Waals surface area contributed by atoms with Crippen LogP contribution in [0.1, 0.15) is 70.6 Å². The van der Waals surface area contributed by atoms with Crippen LogP contribution in [0.15, 0.2) is 11.8 Å². The highest BCUT2D eigenvalue weighted by atomic mass is 16.2. The fourth-order valence-electron chi connectivity index (χ4n) is 5.42. The van der Waals surface area contributed by atoms with Crippen molar-refractivity contribution in [1.29, 1.82) is 0 Å². The molecule has 3 fully saturated rings. The lowest BCUT2D eigenvalue weighted by atomic mass is 9.75. The van der Waals surface area contributed by atoms with Crippen molar-refractivity contribution in [3.8, 4) is 0 Å². The molecule has 0 aromatic rings. The van der Waals surface area contributed by atoms with Gasteiger partial charge in [0.05, 0.1) is 5.41 Å². The van der Waals surface area contributed by atoms with Gasteiger partial charge in [0.25, 0.3) is 0 Å². The molecule has 0 aromatic carbocycles. The Hall–Kier alpha value is -1.85. The van der Waals surface area contributed by atoms with Crippen LogP contribution in [0.4, 0.5) is 0 Å². The molecule has 6 nitrogen and oxygen atoms in total. The second kappa shape index (κ2) is 7.64. The summed E-state index contributed by atoms with van der Waals surface area (Å²) in [5.74, 6) is 0.513. The largest absolute Gasteiger partial charge is 0.355 e. The van der Waals surface area contributed by atoms with E-state index in [9.17, 15) is 14.4 Å². The number of likely N-dealkylation sites (tertiary alicyclic amines) is 2. The van der Waals surface area contributed by atoms with Gasteiger partial charge in [0.1, 0.15) is 0 Å². The fraction of sp³-hybridized carbons (Fsp3) is 0.762. The van der Waals surface area contributed by atoms with Crippen LogP contribution in [0, 0.1) is 5.41 Å². The number of fused-ring (bicyclic) bond motifs is 1. The van der Waals surface area contributed by atoms with Crippen molar-refractivity contribution in [2.75, 3.05) is 19.6 Å². The van der Waals surface area contributed by atoms with Gasteiger partial charge in [0.15, 0.2) is 0 Å². The first-order valence-corrected chi connectivity index (χ1v) is 10.7. The predicted molar refractivity (Wildman–Crippen MR) is 102 cm³/mol. The highest BCUT2D eigenvalue weighted by Gasteiger charge is 2.52. The van der Waals surface area contributed by atoms with Gasteiger partial charge >= 0.3 is 0 Å². The summed E-state index contributed by atoms with van der Waals surface area (Å²) >= 11 is 0. The van der Waals surface area contributed by atoms with E-state index in [0.29, 0.717) is 25.8 Å². The molecule has 148 valence electrons. The molecular weight excluding hydrogens is 342 g/mol. The average molecular weight is 373 g/mol. The molecule has 1 unspecified atom stereocenters. The Balaban J connectivity index is 1.37. The minimum atomic E-state index is -0.514. The molecule has 2 aliphatic carbocycles. The number of hydrogen-bond acceptors (Lipinski definition) is 3. The first-order valence-electron chi connectivity index (χ1n) is 10.7. The van der Waals surface area contributed by atoms with Crippen molar-refractivity contribution in [3.05, 3.63) is 11.8 Å². The van der Waals surface area contributed by atoms with Gasteiger partial charge in [0.2, 0.25) is 17.7 Å². The number of nitrogens with one attached hydrogen (secondary N) is 1. The van der Waals surface area contributed by atoms with Crippen LogP contribution in [-0.2, 0) is 14.4 Å². The predicted octanol–water partition coefficient (Wildman–Crippen LogP) is 2.34. The van der Waals surface area contributed by atoms with Crippen LogP contribution < -0.4 is 5.32 Å². The number of carbonyl (C=O) groups is 3. The first kappa shape index (κ1) is 18.5. The molecule has 1 saturated carbocycles. The summed E-state index contributed by atoms with van der Waals surface area (Å²) in [6.45, 7) is 2.17. The average Bonchev–Trinajstić information content (AvgIpc) is 3.40. The van der Waals surface area contributed by atoms with Gasteiger partial charge in [-0.1, -0.05) is 18.9 Å². The van der Waals surface area contributed by atoms with Crippen molar-refractivity contribution in [2.24, 2.45) is 5.41 Å². The maximum absolute atomic E-state index is 13.2. The minimum absolute atomic E-state index is 0.0782. The standard InChI is InChI=1S/C21H31N3O3/c25-18-9-4-14-23(18)15-5-13-22-20(27)21-11-3-8-17(21)24(19(26)10-12-21)16-6-1-2-7-16/h8,16H,1-7,9-15H2,(H,22,27). The van der Waals surface area contributed by atoms with Crippen LogP contribution in [-0.4, -0.2) is 53.2 Å². The molecule has 1 N–H and O–H groups in total. The molecule has 0 bridgehead atoms. The molecule has 0 radical (unpaired) electrons. The monoisotopic (exact) mass is 373 g/mol. The number of amides is 3. The van der Waals surface area contributed by atoms with Gasteiger partial charge in [-0.05, 0) is 44.9 Å². The summed E-state index contributed by atoms with van der Waals surface area (Å²) in [4.78, 5) is 41.4. The second-order valence-electron chi connectivity index (χ2n) is 8.51. The number of allylic oxidation sites excluding steroid dienone is 1. The second-order valence-corrected chi connectivity index (χ2v) is 8.51. The molecule has 0 aromatic heterocycles. The van der Waals surface area contributed by atoms with Crippen LogP contribution >= 0.6 is 0 Å². The third-order valence-electron chi connectivity index (χ3n) is 6.88. The summed E-state index contributed by atoms with van der Waals surface area (Å²) in [7, 11) is 0. The maximum Gasteiger partial charge on any atom is 0.232 e. The van der Waals surface area contributed by atoms with Crippen LogP contribution in [0.2, 0.25) is 0 Å². The summed E-state index contributed by atoms with van der Waals surface area (Å²) < 4.78 is 0. The minimum Gasteiger partial charge on any atom is -0.355 e. The molecule has 6 heteroatoms. The van der Waals surface area contributed by atoms with Gasteiger partial charge < -0.3 is 15.1 Å². The first-order chi connectivity index (χ1) is 13.1. The molecule has 2 heterocycles. The van der Waals surface area contributed by atoms with E-state index >= 15 is 0 Å². The SMILES string of the molecule is O=C1CCCN1CCCNC(=O)C12CCC=C1N(C1CCCC1)C(=O)CC2. The smallest absolute Gasteiger partial charge is 0.232 e. The van der Waals surface area contributed by atoms with E-state index in [2.05, 4.69) is 11.4 Å². The Morgan fingerprint density at radius 2 is 1.93 bits per heavy atom. The molecule has 0 spiro atoms. The quantitative estimate of drug-likeness (QED) is 0.727. The molecule has 1 atom stereocenters. The van der Waals surface area contributed by atoms with Crippen LogP contribution in [0.5, 0.6) is 0 Å². The molecule has 4 rings (SSSR count). The molecule has 3 amide bonds. The Bertz CT molecular complexity index is 653. The number of rotatable bonds is 6. The lowest BCUT2D eigenvalue weighted by Crippen LogP contribution is -2.53. The van der Waals surface area contributed by atoms with Gasteiger partial charge in [-0.2, -0.15) is 0 Å². The van der Waals surface area contributed by atoms with Gasteiger partial charge in [0, 0.05) is 44.2 Å². The zero-order valence-corrected chi connectivity index (χ0v) is 16.2. The van der Waals surface area contributed by atoms with E-state index in [1.165, 1.54) is 12.8 Å². The summed E-state index contributed by atoms with van der Waals surface area (Å²) in [6, 6.07) is 0.288. The van der Waals surface area contributed by atoms with Crippen molar-refractivity contribution in [2.45, 2.75) is 76.7 Å². The van der Waals surface area contributed by atoms with Crippen molar-refractivity contribution < 1.29 is 14.4 Å². The zero-order valence-electron chi connectivity index (χ0n) is 16.2. The van der Waals surface area contributed by atoms with Gasteiger partial charge in [-0.25, -0.2) is 0 Å². The molecule has 4 aliphatic rings. The van der Waals surface area contributed by atoms with Gasteiger partial charge in [-0.3, -0.25) is 14.4 Å². The Morgan fingerprint density at radius 1 is 1.11 bits per heavy atom. The number of nitrogens with zero attached hydrogens (tertiary/aromatic N) is 2. The lowest BCUT2D eigenvalue weighted by molar-refractivity contribution is -0.141. The van der Waals surface area contributed by atoms with Crippen LogP contribution in [0.25, 0.3) is 0 Å². The number of hydrogen-bond donors (Lipinski definition) is 1. The Kier molecular flexibility index (Phi) is 5.24. The van der Waals surface area contributed by atoms with E-state index < -0.39 is 5.41 Å². The Morgan fingerprint density at radius 3 is 2.67 bits per heavy atom. The van der Waals surface area contributed by atoms with Crippen molar-refractivity contribution in [1.82, 2.24) is 15.1 Å². The zero-order chi connectivity index (χ0) is 18.9. The maximum atomic E-state index is 13.2. The molecule has 2 saturated heterocycles. The normalized spacial score (nSPS) is 28.7. The van der Waals surface area contributed by atoms with E-state index in [1.54, 1.807) is 0 Å². The number of piperidine rings is 1. The highest BCUT2D eigenvalue weighted by molar-refractivity contribution is 5.91. The van der Waals surface area contributed by atoms with E-state index in [-0.39, 0.29) is 23.8 Å². The van der Waals surface area contributed by atoms with Crippen molar-refractivity contribution >= 4 is 17.7 Å². The lowest BCUT2D eigenvalue weighted by Gasteiger charge is -2.44. The van der Waals surface area contributed by atoms with Gasteiger partial charge in [-0.15, -0.1) is 0 Å². The molecular formula is C21H31N3O3. The Labute approximate surface area is 161 Å². The third kappa shape index (κ3) is 3.39. The summed E-state index contributed by atoms with van der Waals surface area (Å²) in [5.41, 5.74) is 0.470. The third-order valence-corrected chi connectivity index (χ3v) is 6.88. The summed E-state index contributed by atoms with van der Waals surface area (Å²) in [5, 5.41) is 3.12.